The fourth-order valence-corrected chi connectivity index (χ4v) is 2.96. The van der Waals surface area contributed by atoms with Gasteiger partial charge in [-0.05, 0) is 43.0 Å². The summed E-state index contributed by atoms with van der Waals surface area (Å²) >= 11 is 0. The van der Waals surface area contributed by atoms with Crippen LogP contribution in [0.3, 0.4) is 0 Å². The number of H-pyrrole nitrogens is 1. The van der Waals surface area contributed by atoms with Crippen LogP contribution in [-0.4, -0.2) is 16.5 Å². The molecule has 0 aliphatic heterocycles. The summed E-state index contributed by atoms with van der Waals surface area (Å²) in [6.45, 7) is 2.11. The standard InChI is InChI=1S/C15H21N3/c1-2-5-12(6-3-1)9-16-10-13-11-18-15-14(13)7-4-8-17-15/h4,7-8,11-12,16H,1-3,5-6,9-10H2,(H,17,18). The van der Waals surface area contributed by atoms with Crippen LogP contribution < -0.4 is 5.32 Å². The largest absolute Gasteiger partial charge is 0.346 e. The van der Waals surface area contributed by atoms with Gasteiger partial charge in [0.1, 0.15) is 5.65 Å². The number of fused-ring (bicyclic) bond motifs is 1. The minimum absolute atomic E-state index is 0.891. The summed E-state index contributed by atoms with van der Waals surface area (Å²) in [5.74, 6) is 0.891. The Kier molecular flexibility index (Phi) is 3.60. The fourth-order valence-electron chi connectivity index (χ4n) is 2.96. The van der Waals surface area contributed by atoms with Crippen LogP contribution in [0.1, 0.15) is 37.7 Å². The minimum atomic E-state index is 0.891. The van der Waals surface area contributed by atoms with Gasteiger partial charge < -0.3 is 10.3 Å². The first kappa shape index (κ1) is 11.7. The lowest BCUT2D eigenvalue weighted by Crippen LogP contribution is -2.24. The van der Waals surface area contributed by atoms with Crippen molar-refractivity contribution in [2.75, 3.05) is 6.54 Å². The van der Waals surface area contributed by atoms with Gasteiger partial charge in [0.2, 0.25) is 0 Å². The van der Waals surface area contributed by atoms with E-state index in [9.17, 15) is 0 Å². The van der Waals surface area contributed by atoms with Crippen LogP contribution in [0, 0.1) is 5.92 Å². The van der Waals surface area contributed by atoms with E-state index >= 15 is 0 Å². The second-order valence-electron chi connectivity index (χ2n) is 5.35. The summed E-state index contributed by atoms with van der Waals surface area (Å²) in [6.07, 6.45) is 11.0. The summed E-state index contributed by atoms with van der Waals surface area (Å²) < 4.78 is 0. The molecule has 0 saturated heterocycles. The molecule has 0 bridgehead atoms. The van der Waals surface area contributed by atoms with Gasteiger partial charge in [0.15, 0.2) is 0 Å². The third-order valence-corrected chi connectivity index (χ3v) is 4.01. The first-order valence-electron chi connectivity index (χ1n) is 7.05. The summed E-state index contributed by atoms with van der Waals surface area (Å²) in [4.78, 5) is 7.54. The Labute approximate surface area is 108 Å². The molecule has 3 heteroatoms. The minimum Gasteiger partial charge on any atom is -0.346 e. The monoisotopic (exact) mass is 243 g/mol. The molecule has 18 heavy (non-hydrogen) atoms. The van der Waals surface area contributed by atoms with E-state index in [1.54, 1.807) is 0 Å². The quantitative estimate of drug-likeness (QED) is 0.865. The van der Waals surface area contributed by atoms with Gasteiger partial charge in [0.25, 0.3) is 0 Å². The highest BCUT2D eigenvalue weighted by atomic mass is 14.9. The third kappa shape index (κ3) is 2.56. The van der Waals surface area contributed by atoms with Gasteiger partial charge in [-0.3, -0.25) is 0 Å². The highest BCUT2D eigenvalue weighted by Crippen LogP contribution is 2.23. The Hall–Kier alpha value is -1.35. The predicted octanol–water partition coefficient (Wildman–Crippen LogP) is 3.23. The maximum absolute atomic E-state index is 4.32. The zero-order valence-electron chi connectivity index (χ0n) is 10.8. The van der Waals surface area contributed by atoms with Crippen LogP contribution >= 0.6 is 0 Å². The first-order valence-corrected chi connectivity index (χ1v) is 7.05. The lowest BCUT2D eigenvalue weighted by atomic mass is 9.89. The van der Waals surface area contributed by atoms with Crippen molar-refractivity contribution in [3.63, 3.8) is 0 Å². The summed E-state index contributed by atoms with van der Waals surface area (Å²) in [5.41, 5.74) is 2.32. The zero-order chi connectivity index (χ0) is 12.2. The van der Waals surface area contributed by atoms with Crippen molar-refractivity contribution in [2.24, 2.45) is 5.92 Å². The SMILES string of the molecule is c1cnc2[nH]cc(CNCC3CCCCC3)c2c1. The molecular formula is C15H21N3. The van der Waals surface area contributed by atoms with Gasteiger partial charge in [-0.1, -0.05) is 19.3 Å². The first-order chi connectivity index (χ1) is 8.93. The van der Waals surface area contributed by atoms with Gasteiger partial charge in [-0.25, -0.2) is 4.98 Å². The van der Waals surface area contributed by atoms with Crippen LogP contribution in [0.4, 0.5) is 0 Å². The molecule has 2 aromatic heterocycles. The third-order valence-electron chi connectivity index (χ3n) is 4.01. The van der Waals surface area contributed by atoms with Gasteiger partial charge in [-0.2, -0.15) is 0 Å². The van der Waals surface area contributed by atoms with Crippen molar-refractivity contribution in [1.82, 2.24) is 15.3 Å². The van der Waals surface area contributed by atoms with E-state index < -0.39 is 0 Å². The molecule has 0 amide bonds. The number of rotatable bonds is 4. The smallest absolute Gasteiger partial charge is 0.137 e. The molecule has 2 heterocycles. The van der Waals surface area contributed by atoms with Crippen LogP contribution in [0.2, 0.25) is 0 Å². The summed E-state index contributed by atoms with van der Waals surface area (Å²) in [7, 11) is 0. The summed E-state index contributed by atoms with van der Waals surface area (Å²) in [5, 5.41) is 4.85. The van der Waals surface area contributed by atoms with Gasteiger partial charge >= 0.3 is 0 Å². The van der Waals surface area contributed by atoms with Crippen molar-refractivity contribution in [3.8, 4) is 0 Å². The molecule has 0 spiro atoms. The lowest BCUT2D eigenvalue weighted by molar-refractivity contribution is 0.342. The number of nitrogens with zero attached hydrogens (tertiary/aromatic N) is 1. The Morgan fingerprint density at radius 1 is 1.28 bits per heavy atom. The Morgan fingerprint density at radius 2 is 2.17 bits per heavy atom. The maximum atomic E-state index is 4.32. The number of aromatic nitrogens is 2. The predicted molar refractivity (Wildman–Crippen MR) is 74.4 cm³/mol. The highest BCUT2D eigenvalue weighted by Gasteiger charge is 2.12. The molecule has 0 unspecified atom stereocenters. The normalized spacial score (nSPS) is 17.3. The van der Waals surface area contributed by atoms with Gasteiger partial charge in [0, 0.05) is 24.3 Å². The molecule has 3 rings (SSSR count). The molecule has 2 N–H and O–H groups in total. The van der Waals surface area contributed by atoms with Gasteiger partial charge in [0.05, 0.1) is 0 Å². The highest BCUT2D eigenvalue weighted by molar-refractivity contribution is 5.79. The van der Waals surface area contributed by atoms with E-state index in [1.165, 1.54) is 43.1 Å². The van der Waals surface area contributed by atoms with Crippen LogP contribution in [0.25, 0.3) is 11.0 Å². The molecule has 3 nitrogen and oxygen atoms in total. The molecule has 2 aromatic rings. The van der Waals surface area contributed by atoms with E-state index in [2.05, 4.69) is 27.5 Å². The van der Waals surface area contributed by atoms with Crippen LogP contribution in [0.5, 0.6) is 0 Å². The van der Waals surface area contributed by atoms with Crippen molar-refractivity contribution in [1.29, 1.82) is 0 Å². The number of pyridine rings is 1. The second-order valence-corrected chi connectivity index (χ2v) is 5.35. The Balaban J connectivity index is 1.56. The second kappa shape index (κ2) is 5.53. The number of hydrogen-bond acceptors (Lipinski definition) is 2. The van der Waals surface area contributed by atoms with Crippen LogP contribution in [0.15, 0.2) is 24.5 Å². The number of hydrogen-bond donors (Lipinski definition) is 2. The molecule has 96 valence electrons. The number of aromatic amines is 1. The van der Waals surface area contributed by atoms with E-state index in [0.29, 0.717) is 0 Å². The molecular weight excluding hydrogens is 222 g/mol. The molecule has 1 saturated carbocycles. The number of nitrogens with one attached hydrogen (secondary N) is 2. The van der Waals surface area contributed by atoms with E-state index in [0.717, 1.165) is 24.7 Å². The molecule has 1 aliphatic rings. The molecule has 0 radical (unpaired) electrons. The summed E-state index contributed by atoms with van der Waals surface area (Å²) in [6, 6.07) is 4.14. The molecule has 0 atom stereocenters. The molecule has 1 fully saturated rings. The topological polar surface area (TPSA) is 40.7 Å². The van der Waals surface area contributed by atoms with E-state index in [-0.39, 0.29) is 0 Å². The Bertz CT molecular complexity index is 497. The van der Waals surface area contributed by atoms with E-state index in [4.69, 9.17) is 0 Å². The van der Waals surface area contributed by atoms with Crippen LogP contribution in [-0.2, 0) is 6.54 Å². The zero-order valence-corrected chi connectivity index (χ0v) is 10.8. The van der Waals surface area contributed by atoms with Gasteiger partial charge in [-0.15, -0.1) is 0 Å². The lowest BCUT2D eigenvalue weighted by Gasteiger charge is -2.21. The fraction of sp³-hybridized carbons (Fsp3) is 0.533. The van der Waals surface area contributed by atoms with Crippen molar-refractivity contribution < 1.29 is 0 Å². The van der Waals surface area contributed by atoms with E-state index in [1.807, 2.05) is 12.3 Å². The molecule has 0 aromatic carbocycles. The van der Waals surface area contributed by atoms with Crippen molar-refractivity contribution in [3.05, 3.63) is 30.1 Å². The molecule has 1 aliphatic carbocycles. The maximum Gasteiger partial charge on any atom is 0.137 e. The average Bonchev–Trinajstić information content (AvgIpc) is 2.84. The van der Waals surface area contributed by atoms with Crippen molar-refractivity contribution >= 4 is 11.0 Å². The average molecular weight is 243 g/mol. The Morgan fingerprint density at radius 3 is 3.06 bits per heavy atom. The van der Waals surface area contributed by atoms with Crippen molar-refractivity contribution in [2.45, 2.75) is 38.6 Å².